The zero-order chi connectivity index (χ0) is 13.8. The number of nitrogens with two attached hydrogens (primary N) is 1. The van der Waals surface area contributed by atoms with Gasteiger partial charge in [0.1, 0.15) is 11.4 Å². The number of nitrogen functional groups attached to an aromatic ring is 1. The summed E-state index contributed by atoms with van der Waals surface area (Å²) in [4.78, 5) is 10.9. The highest BCUT2D eigenvalue weighted by molar-refractivity contribution is 7.89. The minimum Gasteiger partial charge on any atom is -0.465 e. The molecule has 1 rings (SSSR count). The van der Waals surface area contributed by atoms with Crippen molar-refractivity contribution in [1.29, 1.82) is 0 Å². The molecular weight excluding hydrogens is 280 g/mol. The zero-order valence-corrected chi connectivity index (χ0v) is 11.2. The van der Waals surface area contributed by atoms with Crippen LogP contribution in [-0.2, 0) is 19.6 Å². The van der Waals surface area contributed by atoms with Crippen molar-refractivity contribution in [1.82, 2.24) is 4.72 Å². The number of halogens is 1. The van der Waals surface area contributed by atoms with Gasteiger partial charge in [-0.15, -0.1) is 0 Å². The predicted molar refractivity (Wildman–Crippen MR) is 67.7 cm³/mol. The first-order valence-electron chi connectivity index (χ1n) is 5.07. The summed E-state index contributed by atoms with van der Waals surface area (Å²) in [5, 5.41) is -0.00800. The van der Waals surface area contributed by atoms with E-state index < -0.39 is 22.5 Å². The second-order valence-electron chi connectivity index (χ2n) is 3.32. The van der Waals surface area contributed by atoms with Crippen molar-refractivity contribution in [2.75, 3.05) is 18.9 Å². The number of carbonyl (C=O) groups excluding carboxylic acids is 1. The molecule has 8 heteroatoms. The first-order chi connectivity index (χ1) is 8.36. The van der Waals surface area contributed by atoms with Gasteiger partial charge in [-0.25, -0.2) is 8.42 Å². The molecule has 100 valence electrons. The molecule has 18 heavy (non-hydrogen) atoms. The summed E-state index contributed by atoms with van der Waals surface area (Å²) in [5.41, 5.74) is 5.81. The van der Waals surface area contributed by atoms with Crippen LogP contribution >= 0.6 is 11.6 Å². The van der Waals surface area contributed by atoms with E-state index in [1.807, 2.05) is 0 Å². The number of rotatable bonds is 5. The highest BCUT2D eigenvalue weighted by atomic mass is 35.5. The third-order valence-corrected chi connectivity index (χ3v) is 3.84. The van der Waals surface area contributed by atoms with E-state index in [2.05, 4.69) is 9.46 Å². The average Bonchev–Trinajstić information content (AvgIpc) is 2.26. The zero-order valence-electron chi connectivity index (χ0n) is 9.64. The molecule has 0 radical (unpaired) electrons. The average molecular weight is 293 g/mol. The number of sulfonamides is 1. The van der Waals surface area contributed by atoms with Gasteiger partial charge < -0.3 is 10.5 Å². The fraction of sp³-hybridized carbons (Fsp3) is 0.300. The normalized spacial score (nSPS) is 11.2. The third-order valence-electron chi connectivity index (χ3n) is 1.96. The number of carbonyl (C=O) groups is 1. The van der Waals surface area contributed by atoms with Crippen LogP contribution in [-0.4, -0.2) is 27.5 Å². The summed E-state index contributed by atoms with van der Waals surface area (Å²) in [6.07, 6.45) is 0. The molecule has 3 N–H and O–H groups in total. The lowest BCUT2D eigenvalue weighted by molar-refractivity contribution is -0.141. The number of esters is 1. The topological polar surface area (TPSA) is 98.5 Å². The van der Waals surface area contributed by atoms with Crippen LogP contribution in [0.15, 0.2) is 23.1 Å². The Morgan fingerprint density at radius 1 is 1.50 bits per heavy atom. The Morgan fingerprint density at radius 2 is 2.17 bits per heavy atom. The van der Waals surface area contributed by atoms with Crippen molar-refractivity contribution in [2.24, 2.45) is 0 Å². The predicted octanol–water partition coefficient (Wildman–Crippen LogP) is 0.764. The molecule has 0 spiro atoms. The fourth-order valence-corrected chi connectivity index (χ4v) is 2.70. The molecule has 0 saturated carbocycles. The highest BCUT2D eigenvalue weighted by Gasteiger charge is 2.19. The van der Waals surface area contributed by atoms with Crippen molar-refractivity contribution in [3.8, 4) is 0 Å². The molecule has 0 fully saturated rings. The van der Waals surface area contributed by atoms with E-state index >= 15 is 0 Å². The van der Waals surface area contributed by atoms with Crippen molar-refractivity contribution in [3.05, 3.63) is 23.2 Å². The van der Waals surface area contributed by atoms with Crippen LogP contribution in [0.1, 0.15) is 6.92 Å². The number of hydrogen-bond acceptors (Lipinski definition) is 5. The lowest BCUT2D eigenvalue weighted by Crippen LogP contribution is -2.30. The summed E-state index contributed by atoms with van der Waals surface area (Å²) < 4.78 is 30.4. The maximum atomic E-state index is 11.8. The molecule has 0 aliphatic rings. The molecule has 1 aromatic rings. The molecule has 0 saturated heterocycles. The van der Waals surface area contributed by atoms with E-state index in [0.29, 0.717) is 5.69 Å². The van der Waals surface area contributed by atoms with Gasteiger partial charge in [-0.3, -0.25) is 4.79 Å². The first kappa shape index (κ1) is 14.7. The second-order valence-corrected chi connectivity index (χ2v) is 5.46. The number of benzene rings is 1. The van der Waals surface area contributed by atoms with Crippen molar-refractivity contribution in [3.63, 3.8) is 0 Å². The van der Waals surface area contributed by atoms with Crippen LogP contribution < -0.4 is 10.5 Å². The lowest BCUT2D eigenvalue weighted by atomic mass is 10.3. The van der Waals surface area contributed by atoms with Crippen molar-refractivity contribution < 1.29 is 17.9 Å². The van der Waals surface area contributed by atoms with Crippen LogP contribution in [0.5, 0.6) is 0 Å². The van der Waals surface area contributed by atoms with Gasteiger partial charge in [0.15, 0.2) is 0 Å². The molecule has 0 atom stereocenters. The number of hydrogen-bond donors (Lipinski definition) is 2. The monoisotopic (exact) mass is 292 g/mol. The van der Waals surface area contributed by atoms with Gasteiger partial charge in [0.2, 0.25) is 10.0 Å². The minimum atomic E-state index is -3.86. The van der Waals surface area contributed by atoms with Gasteiger partial charge in [-0.1, -0.05) is 11.6 Å². The number of ether oxygens (including phenoxy) is 1. The van der Waals surface area contributed by atoms with E-state index in [1.54, 1.807) is 6.92 Å². The SMILES string of the molecule is CCOC(=O)CNS(=O)(=O)c1ccc(N)cc1Cl. The summed E-state index contributed by atoms with van der Waals surface area (Å²) in [6, 6.07) is 4.00. The Labute approximate surface area is 110 Å². The van der Waals surface area contributed by atoms with Crippen LogP contribution in [0.25, 0.3) is 0 Å². The second kappa shape index (κ2) is 6.03. The first-order valence-corrected chi connectivity index (χ1v) is 6.93. The summed E-state index contributed by atoms with van der Waals surface area (Å²) in [7, 11) is -3.86. The van der Waals surface area contributed by atoms with Gasteiger partial charge in [-0.2, -0.15) is 4.72 Å². The fourth-order valence-electron chi connectivity index (χ4n) is 1.18. The molecule has 0 unspecified atom stereocenters. The van der Waals surface area contributed by atoms with E-state index in [1.165, 1.54) is 18.2 Å². The quantitative estimate of drug-likeness (QED) is 0.617. The van der Waals surface area contributed by atoms with Gasteiger partial charge in [0.25, 0.3) is 0 Å². The molecule has 0 aliphatic carbocycles. The molecule has 0 aromatic heterocycles. The number of anilines is 1. The van der Waals surface area contributed by atoms with Crippen molar-refractivity contribution in [2.45, 2.75) is 11.8 Å². The van der Waals surface area contributed by atoms with E-state index in [4.69, 9.17) is 17.3 Å². The van der Waals surface area contributed by atoms with Crippen LogP contribution in [0.3, 0.4) is 0 Å². The van der Waals surface area contributed by atoms with Gasteiger partial charge in [-0.05, 0) is 25.1 Å². The Hall–Kier alpha value is -1.31. The largest absolute Gasteiger partial charge is 0.465 e. The molecular formula is C10H13ClN2O4S. The standard InChI is InChI=1S/C10H13ClN2O4S/c1-2-17-10(14)6-13-18(15,16)9-4-3-7(12)5-8(9)11/h3-5,13H,2,6,12H2,1H3. The Balaban J connectivity index is 2.83. The van der Waals surface area contributed by atoms with E-state index in [0.717, 1.165) is 0 Å². The molecule has 0 aliphatic heterocycles. The summed E-state index contributed by atoms with van der Waals surface area (Å²) in [5.74, 6) is -0.660. The highest BCUT2D eigenvalue weighted by Crippen LogP contribution is 2.23. The lowest BCUT2D eigenvalue weighted by Gasteiger charge is -2.08. The Bertz CT molecular complexity index is 545. The minimum absolute atomic E-state index is 0.00800. The van der Waals surface area contributed by atoms with Crippen molar-refractivity contribution >= 4 is 33.3 Å². The molecule has 0 bridgehead atoms. The van der Waals surface area contributed by atoms with Gasteiger partial charge >= 0.3 is 5.97 Å². The maximum Gasteiger partial charge on any atom is 0.321 e. The Morgan fingerprint density at radius 3 is 2.72 bits per heavy atom. The molecule has 1 aromatic carbocycles. The maximum absolute atomic E-state index is 11.8. The summed E-state index contributed by atoms with van der Waals surface area (Å²) in [6.45, 7) is 1.36. The van der Waals surface area contributed by atoms with Crippen LogP contribution in [0.4, 0.5) is 5.69 Å². The van der Waals surface area contributed by atoms with E-state index in [-0.39, 0.29) is 16.5 Å². The Kier molecular flexibility index (Phi) is 4.94. The molecule has 6 nitrogen and oxygen atoms in total. The van der Waals surface area contributed by atoms with Gasteiger partial charge in [0.05, 0.1) is 11.6 Å². The third kappa shape index (κ3) is 3.86. The summed E-state index contributed by atoms with van der Waals surface area (Å²) >= 11 is 5.78. The van der Waals surface area contributed by atoms with E-state index in [9.17, 15) is 13.2 Å². The molecule has 0 amide bonds. The van der Waals surface area contributed by atoms with Crippen LogP contribution in [0, 0.1) is 0 Å². The van der Waals surface area contributed by atoms with Gasteiger partial charge in [0, 0.05) is 5.69 Å². The molecule has 0 heterocycles. The number of nitrogens with one attached hydrogen (secondary N) is 1. The smallest absolute Gasteiger partial charge is 0.321 e. The van der Waals surface area contributed by atoms with Crippen LogP contribution in [0.2, 0.25) is 5.02 Å².